The lowest BCUT2D eigenvalue weighted by molar-refractivity contribution is -0.137. The van der Waals surface area contributed by atoms with E-state index in [0.717, 1.165) is 12.8 Å². The van der Waals surface area contributed by atoms with Gasteiger partial charge in [0.15, 0.2) is 0 Å². The van der Waals surface area contributed by atoms with Crippen LogP contribution in [0, 0.1) is 17.8 Å². The molecule has 4 nitrogen and oxygen atoms in total. The fourth-order valence-electron chi connectivity index (χ4n) is 4.64. The van der Waals surface area contributed by atoms with Crippen LogP contribution in [0.5, 0.6) is 0 Å². The van der Waals surface area contributed by atoms with Crippen LogP contribution in [0.4, 0.5) is 4.39 Å². The number of aliphatic carboxylic acids is 1. The number of carboxylic acids is 1. The zero-order valence-corrected chi connectivity index (χ0v) is 16.7. The van der Waals surface area contributed by atoms with E-state index >= 15 is 0 Å². The van der Waals surface area contributed by atoms with E-state index in [1.165, 1.54) is 11.1 Å². The Morgan fingerprint density at radius 3 is 2.55 bits per heavy atom. The molecule has 5 atom stereocenters. The quantitative estimate of drug-likeness (QED) is 0.433. The molecule has 158 valence electrons. The number of carbonyl (C=O) groups is 1. The molecule has 0 amide bonds. The predicted molar refractivity (Wildman–Crippen MR) is 110 cm³/mol. The zero-order valence-electron chi connectivity index (χ0n) is 16.7. The summed E-state index contributed by atoms with van der Waals surface area (Å²) < 4.78 is 14.5. The number of fused-ring (bicyclic) bond motifs is 1. The van der Waals surface area contributed by atoms with Crippen molar-refractivity contribution in [1.29, 1.82) is 0 Å². The molecule has 0 radical (unpaired) electrons. The predicted octanol–water partition coefficient (Wildman–Crippen LogP) is 3.85. The van der Waals surface area contributed by atoms with Crippen LogP contribution in [0.25, 0.3) is 0 Å². The highest BCUT2D eigenvalue weighted by Gasteiger charge is 2.40. The number of allylic oxidation sites excluding steroid dienone is 3. The molecule has 0 heterocycles. The molecule has 3 N–H and O–H groups in total. The van der Waals surface area contributed by atoms with E-state index in [1.807, 2.05) is 24.3 Å². The molecule has 0 spiro atoms. The van der Waals surface area contributed by atoms with Crippen molar-refractivity contribution in [1.82, 2.24) is 0 Å². The van der Waals surface area contributed by atoms with E-state index < -0.39 is 30.3 Å². The van der Waals surface area contributed by atoms with E-state index in [4.69, 9.17) is 5.11 Å². The number of carboxylic acid groups (broad SMARTS) is 1. The summed E-state index contributed by atoms with van der Waals surface area (Å²) in [5.41, 5.74) is 2.55. The molecule has 0 saturated heterocycles. The number of halogens is 1. The van der Waals surface area contributed by atoms with Gasteiger partial charge in [0, 0.05) is 18.8 Å². The standard InChI is InChI=1S/C24H31FO4/c25-21-15-23(27)20(9-3-1-2-4-10-24(28)29)19(21)11-12-22(26)18-13-16-7-5-6-8-17(16)14-18/h1,3,5-8,11-12,18-23,26-27H,2,4,9-10,13-15H2,(H,28,29)/b3-1+,12-11+/t19-,20-,21+,22?,23+/m1/s1. The normalized spacial score (nSPS) is 28.4. The molecular weight excluding hydrogens is 371 g/mol. The maximum Gasteiger partial charge on any atom is 0.303 e. The molecule has 0 bridgehead atoms. The van der Waals surface area contributed by atoms with Crippen LogP contribution in [-0.2, 0) is 17.6 Å². The van der Waals surface area contributed by atoms with Gasteiger partial charge in [-0.3, -0.25) is 4.79 Å². The third-order valence-corrected chi connectivity index (χ3v) is 6.31. The fraction of sp³-hybridized carbons (Fsp3) is 0.542. The Balaban J connectivity index is 1.53. The summed E-state index contributed by atoms with van der Waals surface area (Å²) in [6.07, 6.45) is 8.57. The van der Waals surface area contributed by atoms with Crippen molar-refractivity contribution in [2.24, 2.45) is 17.8 Å². The summed E-state index contributed by atoms with van der Waals surface area (Å²) in [5, 5.41) is 29.5. The number of aliphatic hydroxyl groups is 2. The van der Waals surface area contributed by atoms with Crippen LogP contribution >= 0.6 is 0 Å². The first-order valence-corrected chi connectivity index (χ1v) is 10.6. The van der Waals surface area contributed by atoms with E-state index in [0.29, 0.717) is 19.3 Å². The number of unbranched alkanes of at least 4 members (excludes halogenated alkanes) is 1. The Morgan fingerprint density at radius 2 is 1.90 bits per heavy atom. The van der Waals surface area contributed by atoms with Crippen LogP contribution in [0.15, 0.2) is 48.6 Å². The highest BCUT2D eigenvalue weighted by Crippen LogP contribution is 2.38. The molecular formula is C24H31FO4. The van der Waals surface area contributed by atoms with Gasteiger partial charge in [0.2, 0.25) is 0 Å². The van der Waals surface area contributed by atoms with E-state index in [-0.39, 0.29) is 24.7 Å². The molecule has 0 aromatic heterocycles. The van der Waals surface area contributed by atoms with Crippen LogP contribution in [0.3, 0.4) is 0 Å². The Kier molecular flexibility index (Phi) is 7.62. The van der Waals surface area contributed by atoms with Gasteiger partial charge in [-0.1, -0.05) is 48.6 Å². The molecule has 5 heteroatoms. The first-order chi connectivity index (χ1) is 14.0. The van der Waals surface area contributed by atoms with E-state index in [1.54, 1.807) is 12.2 Å². The van der Waals surface area contributed by atoms with Crippen molar-refractivity contribution in [2.45, 2.75) is 63.3 Å². The minimum atomic E-state index is -1.11. The second-order valence-electron chi connectivity index (χ2n) is 8.37. The molecule has 1 fully saturated rings. The highest BCUT2D eigenvalue weighted by atomic mass is 19.1. The molecule has 1 saturated carbocycles. The molecule has 29 heavy (non-hydrogen) atoms. The van der Waals surface area contributed by atoms with Gasteiger partial charge < -0.3 is 15.3 Å². The van der Waals surface area contributed by atoms with E-state index in [2.05, 4.69) is 12.1 Å². The van der Waals surface area contributed by atoms with Gasteiger partial charge >= 0.3 is 5.97 Å². The number of hydrogen-bond donors (Lipinski definition) is 3. The molecule has 1 aromatic rings. The van der Waals surface area contributed by atoms with Gasteiger partial charge in [-0.15, -0.1) is 0 Å². The van der Waals surface area contributed by atoms with Crippen molar-refractivity contribution < 1.29 is 24.5 Å². The SMILES string of the molecule is O=C(O)CCC/C=C/C[C@@H]1[C@@H](/C=C/C(O)C2Cc3ccccc3C2)[C@@H](F)C[C@@H]1O. The topological polar surface area (TPSA) is 77.8 Å². The lowest BCUT2D eigenvalue weighted by Gasteiger charge is -2.20. The van der Waals surface area contributed by atoms with Gasteiger partial charge in [0.05, 0.1) is 12.2 Å². The van der Waals surface area contributed by atoms with Crippen LogP contribution < -0.4 is 0 Å². The average Bonchev–Trinajstić information content (AvgIpc) is 3.23. The molecule has 3 rings (SSSR count). The number of rotatable bonds is 9. The van der Waals surface area contributed by atoms with Crippen LogP contribution in [0.1, 0.15) is 43.2 Å². The lowest BCUT2D eigenvalue weighted by Crippen LogP contribution is -2.21. The van der Waals surface area contributed by atoms with Gasteiger partial charge in [-0.05, 0) is 55.1 Å². The second-order valence-corrected chi connectivity index (χ2v) is 8.37. The third-order valence-electron chi connectivity index (χ3n) is 6.31. The van der Waals surface area contributed by atoms with Crippen LogP contribution in [-0.4, -0.2) is 39.7 Å². The van der Waals surface area contributed by atoms with Crippen molar-refractivity contribution >= 4 is 5.97 Å². The summed E-state index contributed by atoms with van der Waals surface area (Å²) in [6.45, 7) is 0. The van der Waals surface area contributed by atoms with Gasteiger partial charge in [0.25, 0.3) is 0 Å². The first kappa shape index (κ1) is 21.7. The highest BCUT2D eigenvalue weighted by molar-refractivity contribution is 5.66. The van der Waals surface area contributed by atoms with Crippen molar-refractivity contribution in [3.05, 3.63) is 59.7 Å². The number of hydrogen-bond acceptors (Lipinski definition) is 3. The fourth-order valence-corrected chi connectivity index (χ4v) is 4.64. The Labute approximate surface area is 171 Å². The minimum absolute atomic E-state index is 0.112. The number of alkyl halides is 1. The summed E-state index contributed by atoms with van der Waals surface area (Å²) in [7, 11) is 0. The van der Waals surface area contributed by atoms with E-state index in [9.17, 15) is 19.4 Å². The second kappa shape index (κ2) is 10.2. The Hall–Kier alpha value is -1.98. The minimum Gasteiger partial charge on any atom is -0.481 e. The average molecular weight is 403 g/mol. The molecule has 2 aliphatic carbocycles. The summed E-state index contributed by atoms with van der Waals surface area (Å²) in [5.74, 6) is -1.32. The maximum absolute atomic E-state index is 14.5. The largest absolute Gasteiger partial charge is 0.481 e. The van der Waals surface area contributed by atoms with Crippen molar-refractivity contribution in [3.63, 3.8) is 0 Å². The number of aliphatic hydroxyl groups excluding tert-OH is 2. The molecule has 2 aliphatic rings. The maximum atomic E-state index is 14.5. The summed E-state index contributed by atoms with van der Waals surface area (Å²) in [4.78, 5) is 10.5. The first-order valence-electron chi connectivity index (χ1n) is 10.6. The van der Waals surface area contributed by atoms with Gasteiger partial charge in [-0.2, -0.15) is 0 Å². The Bertz CT molecular complexity index is 719. The molecule has 0 aliphatic heterocycles. The smallest absolute Gasteiger partial charge is 0.303 e. The summed E-state index contributed by atoms with van der Waals surface area (Å²) >= 11 is 0. The van der Waals surface area contributed by atoms with Crippen molar-refractivity contribution in [3.8, 4) is 0 Å². The zero-order chi connectivity index (χ0) is 20.8. The van der Waals surface area contributed by atoms with Gasteiger partial charge in [-0.25, -0.2) is 4.39 Å². The van der Waals surface area contributed by atoms with Crippen molar-refractivity contribution in [2.75, 3.05) is 0 Å². The summed E-state index contributed by atoms with van der Waals surface area (Å²) in [6, 6.07) is 8.21. The Morgan fingerprint density at radius 1 is 1.21 bits per heavy atom. The number of benzene rings is 1. The van der Waals surface area contributed by atoms with Crippen LogP contribution in [0.2, 0.25) is 0 Å². The monoisotopic (exact) mass is 402 g/mol. The lowest BCUT2D eigenvalue weighted by atomic mass is 9.89. The third kappa shape index (κ3) is 5.77. The molecule has 1 unspecified atom stereocenters. The molecule has 1 aromatic carbocycles. The van der Waals surface area contributed by atoms with Gasteiger partial charge in [0.1, 0.15) is 6.17 Å².